The highest BCUT2D eigenvalue weighted by atomic mass is 16.6. The van der Waals surface area contributed by atoms with Crippen LogP contribution in [-0.2, 0) is 0 Å². The van der Waals surface area contributed by atoms with Crippen LogP contribution in [0.2, 0.25) is 0 Å². The van der Waals surface area contributed by atoms with Gasteiger partial charge in [0.1, 0.15) is 5.56 Å². The standard InChI is InChI=1S/C14H20N2O5/c1-14(2,6-7-17)9-15(3)10-4-5-12(16(20)21)11(8-10)13(18)19/h4-5,8,17H,6-7,9H2,1-3H3,(H,18,19). The molecule has 0 atom stereocenters. The van der Waals surface area contributed by atoms with Crippen molar-refractivity contribution in [3.05, 3.63) is 33.9 Å². The number of carbonyl (C=O) groups is 1. The highest BCUT2D eigenvalue weighted by Gasteiger charge is 2.23. The molecule has 0 aliphatic heterocycles. The van der Waals surface area contributed by atoms with Crippen LogP contribution in [0.25, 0.3) is 0 Å². The molecule has 0 bridgehead atoms. The zero-order valence-electron chi connectivity index (χ0n) is 12.4. The number of carboxylic acid groups (broad SMARTS) is 1. The van der Waals surface area contributed by atoms with Crippen LogP contribution in [0.15, 0.2) is 18.2 Å². The van der Waals surface area contributed by atoms with Gasteiger partial charge in [-0.25, -0.2) is 4.79 Å². The van der Waals surface area contributed by atoms with Gasteiger partial charge >= 0.3 is 5.97 Å². The maximum absolute atomic E-state index is 11.1. The van der Waals surface area contributed by atoms with E-state index in [-0.39, 0.29) is 17.6 Å². The van der Waals surface area contributed by atoms with E-state index in [9.17, 15) is 14.9 Å². The van der Waals surface area contributed by atoms with Crippen LogP contribution in [0.1, 0.15) is 30.6 Å². The van der Waals surface area contributed by atoms with Crippen LogP contribution in [0, 0.1) is 15.5 Å². The van der Waals surface area contributed by atoms with E-state index in [2.05, 4.69) is 0 Å². The van der Waals surface area contributed by atoms with Crippen molar-refractivity contribution in [2.24, 2.45) is 5.41 Å². The molecule has 7 heteroatoms. The first-order valence-corrected chi connectivity index (χ1v) is 6.51. The molecule has 1 aromatic carbocycles. The molecule has 0 spiro atoms. The van der Waals surface area contributed by atoms with E-state index in [0.29, 0.717) is 18.7 Å². The summed E-state index contributed by atoms with van der Waals surface area (Å²) in [6, 6.07) is 4.03. The van der Waals surface area contributed by atoms with Crippen molar-refractivity contribution < 1.29 is 19.9 Å². The van der Waals surface area contributed by atoms with E-state index in [1.54, 1.807) is 7.05 Å². The van der Waals surface area contributed by atoms with Crippen molar-refractivity contribution in [2.45, 2.75) is 20.3 Å². The lowest BCUT2D eigenvalue weighted by Crippen LogP contribution is -2.32. The number of hydrogen-bond acceptors (Lipinski definition) is 5. The average Bonchev–Trinajstić information content (AvgIpc) is 2.36. The largest absolute Gasteiger partial charge is 0.477 e. The molecule has 0 radical (unpaired) electrons. The van der Waals surface area contributed by atoms with E-state index in [0.717, 1.165) is 0 Å². The second kappa shape index (κ2) is 6.53. The van der Waals surface area contributed by atoms with Gasteiger partial charge in [-0.1, -0.05) is 13.8 Å². The molecule has 7 nitrogen and oxygen atoms in total. The van der Waals surface area contributed by atoms with Gasteiger partial charge in [0.2, 0.25) is 0 Å². The van der Waals surface area contributed by atoms with E-state index in [4.69, 9.17) is 10.2 Å². The molecule has 1 aromatic rings. The van der Waals surface area contributed by atoms with Gasteiger partial charge in [0.25, 0.3) is 5.69 Å². The minimum atomic E-state index is -1.33. The highest BCUT2D eigenvalue weighted by Crippen LogP contribution is 2.28. The van der Waals surface area contributed by atoms with Gasteiger partial charge in [-0.05, 0) is 24.0 Å². The Hall–Kier alpha value is -2.15. The third kappa shape index (κ3) is 4.42. The van der Waals surface area contributed by atoms with Gasteiger partial charge in [0.05, 0.1) is 4.92 Å². The molecule has 0 saturated heterocycles. The summed E-state index contributed by atoms with van der Waals surface area (Å²) >= 11 is 0. The van der Waals surface area contributed by atoms with E-state index >= 15 is 0 Å². The van der Waals surface area contributed by atoms with Crippen molar-refractivity contribution in [3.8, 4) is 0 Å². The van der Waals surface area contributed by atoms with Gasteiger partial charge in [0, 0.05) is 32.0 Å². The smallest absolute Gasteiger partial charge is 0.342 e. The minimum Gasteiger partial charge on any atom is -0.477 e. The highest BCUT2D eigenvalue weighted by molar-refractivity contribution is 5.93. The Bertz CT molecular complexity index is 542. The molecule has 0 amide bonds. The monoisotopic (exact) mass is 296 g/mol. The topological polar surface area (TPSA) is 104 Å². The van der Waals surface area contributed by atoms with E-state index in [1.807, 2.05) is 18.7 Å². The Morgan fingerprint density at radius 3 is 2.52 bits per heavy atom. The summed E-state index contributed by atoms with van der Waals surface area (Å²) in [6.45, 7) is 4.64. The number of rotatable bonds is 7. The van der Waals surface area contributed by atoms with Crippen molar-refractivity contribution >= 4 is 17.3 Å². The zero-order valence-corrected chi connectivity index (χ0v) is 12.4. The Morgan fingerprint density at radius 1 is 1.43 bits per heavy atom. The first-order chi connectivity index (χ1) is 9.68. The summed E-state index contributed by atoms with van der Waals surface area (Å²) in [4.78, 5) is 23.1. The van der Waals surface area contributed by atoms with Crippen molar-refractivity contribution in [2.75, 3.05) is 25.1 Å². The van der Waals surface area contributed by atoms with Gasteiger partial charge < -0.3 is 15.1 Å². The predicted molar refractivity (Wildman–Crippen MR) is 78.8 cm³/mol. The predicted octanol–water partition coefficient (Wildman–Crippen LogP) is 2.14. The number of anilines is 1. The van der Waals surface area contributed by atoms with Gasteiger partial charge in [0.15, 0.2) is 0 Å². The molecule has 116 valence electrons. The minimum absolute atomic E-state index is 0.0709. The number of benzene rings is 1. The number of aromatic carboxylic acids is 1. The number of aliphatic hydroxyl groups excluding tert-OH is 1. The molecule has 0 aromatic heterocycles. The first kappa shape index (κ1) is 16.9. The van der Waals surface area contributed by atoms with Gasteiger partial charge in [-0.15, -0.1) is 0 Å². The summed E-state index contributed by atoms with van der Waals surface area (Å²) in [7, 11) is 1.78. The molecule has 0 unspecified atom stereocenters. The normalized spacial score (nSPS) is 11.2. The summed E-state index contributed by atoms with van der Waals surface area (Å²) in [6.07, 6.45) is 0.607. The Morgan fingerprint density at radius 2 is 2.05 bits per heavy atom. The fraction of sp³-hybridized carbons (Fsp3) is 0.500. The summed E-state index contributed by atoms with van der Waals surface area (Å²) in [5.41, 5.74) is -0.322. The average molecular weight is 296 g/mol. The molecule has 0 aliphatic carbocycles. The summed E-state index contributed by atoms with van der Waals surface area (Å²) in [5.74, 6) is -1.33. The zero-order chi connectivity index (χ0) is 16.2. The second-order valence-corrected chi connectivity index (χ2v) is 5.76. The Kier molecular flexibility index (Phi) is 5.26. The molecule has 0 heterocycles. The maximum atomic E-state index is 11.1. The van der Waals surface area contributed by atoms with Crippen molar-refractivity contribution in [3.63, 3.8) is 0 Å². The van der Waals surface area contributed by atoms with E-state index < -0.39 is 16.6 Å². The summed E-state index contributed by atoms with van der Waals surface area (Å²) in [5, 5.41) is 28.9. The molecule has 0 aliphatic rings. The van der Waals surface area contributed by atoms with Crippen LogP contribution in [0.4, 0.5) is 11.4 Å². The van der Waals surface area contributed by atoms with Gasteiger partial charge in [-0.3, -0.25) is 10.1 Å². The molecule has 0 saturated carbocycles. The lowest BCUT2D eigenvalue weighted by atomic mass is 9.89. The van der Waals surface area contributed by atoms with Crippen LogP contribution < -0.4 is 4.90 Å². The van der Waals surface area contributed by atoms with Gasteiger partial charge in [-0.2, -0.15) is 0 Å². The van der Waals surface area contributed by atoms with Crippen molar-refractivity contribution in [1.29, 1.82) is 0 Å². The summed E-state index contributed by atoms with van der Waals surface area (Å²) < 4.78 is 0. The van der Waals surface area contributed by atoms with Crippen LogP contribution >= 0.6 is 0 Å². The van der Waals surface area contributed by atoms with Crippen LogP contribution in [-0.4, -0.2) is 41.3 Å². The van der Waals surface area contributed by atoms with Crippen LogP contribution in [0.5, 0.6) is 0 Å². The SMILES string of the molecule is CN(CC(C)(C)CCO)c1ccc([N+](=O)[O-])c(C(=O)O)c1. The molecular formula is C14H20N2O5. The van der Waals surface area contributed by atoms with Crippen molar-refractivity contribution in [1.82, 2.24) is 0 Å². The fourth-order valence-corrected chi connectivity index (χ4v) is 2.21. The number of nitro groups is 1. The number of aliphatic hydroxyl groups is 1. The number of nitro benzene ring substituents is 1. The third-order valence-corrected chi connectivity index (χ3v) is 3.30. The lowest BCUT2D eigenvalue weighted by Gasteiger charge is -2.31. The quantitative estimate of drug-likeness (QED) is 0.590. The van der Waals surface area contributed by atoms with Crippen LogP contribution in [0.3, 0.4) is 0 Å². The fourth-order valence-electron chi connectivity index (χ4n) is 2.21. The van der Waals surface area contributed by atoms with E-state index in [1.165, 1.54) is 18.2 Å². The number of nitrogens with zero attached hydrogens (tertiary/aromatic N) is 2. The first-order valence-electron chi connectivity index (χ1n) is 6.51. The second-order valence-electron chi connectivity index (χ2n) is 5.76. The molecule has 1 rings (SSSR count). The molecule has 21 heavy (non-hydrogen) atoms. The Balaban J connectivity index is 3.06. The molecule has 0 fully saturated rings. The number of hydrogen-bond donors (Lipinski definition) is 2. The lowest BCUT2D eigenvalue weighted by molar-refractivity contribution is -0.385. The third-order valence-electron chi connectivity index (χ3n) is 3.30. The molecular weight excluding hydrogens is 276 g/mol. The molecule has 2 N–H and O–H groups in total. The Labute approximate surface area is 123 Å². The maximum Gasteiger partial charge on any atom is 0.342 e. The number of carboxylic acids is 1.